The van der Waals surface area contributed by atoms with Gasteiger partial charge in [0.15, 0.2) is 0 Å². The van der Waals surface area contributed by atoms with Crippen molar-refractivity contribution in [1.29, 1.82) is 0 Å². The first-order valence-electron chi connectivity index (χ1n) is 6.03. The quantitative estimate of drug-likeness (QED) is 0.907. The molecule has 0 aliphatic rings. The topological polar surface area (TPSA) is 79.3 Å². The number of carbonyl (C=O) groups excluding carboxylic acids is 1. The Hall–Kier alpha value is -1.73. The molecule has 5 nitrogen and oxygen atoms in total. The number of rotatable bonds is 4. The zero-order valence-electron chi connectivity index (χ0n) is 11.3. The highest BCUT2D eigenvalue weighted by atomic mass is 32.1. The summed E-state index contributed by atoms with van der Waals surface area (Å²) in [4.78, 5) is 29.0. The third-order valence-corrected chi connectivity index (χ3v) is 4.97. The van der Waals surface area contributed by atoms with E-state index in [2.05, 4.69) is 10.3 Å². The number of hydrogen-bond donors (Lipinski definition) is 2. The Kier molecular flexibility index (Phi) is 4.20. The second-order valence-corrected chi connectivity index (χ2v) is 6.56. The van der Waals surface area contributed by atoms with Crippen LogP contribution in [0.4, 0.5) is 5.00 Å². The molecule has 0 saturated carbocycles. The van der Waals surface area contributed by atoms with Gasteiger partial charge in [0.05, 0.1) is 16.3 Å². The summed E-state index contributed by atoms with van der Waals surface area (Å²) < 4.78 is 0. The summed E-state index contributed by atoms with van der Waals surface area (Å²) >= 11 is 2.60. The fraction of sp³-hybridized carbons (Fsp3) is 0.308. The number of hydrogen-bond acceptors (Lipinski definition) is 5. The third kappa shape index (κ3) is 2.88. The number of nitrogens with one attached hydrogen (secondary N) is 1. The second kappa shape index (κ2) is 5.72. The summed E-state index contributed by atoms with van der Waals surface area (Å²) in [5, 5.41) is 13.0. The molecule has 0 spiro atoms. The molecule has 0 radical (unpaired) electrons. The summed E-state index contributed by atoms with van der Waals surface area (Å²) in [6, 6.07) is 1.60. The van der Waals surface area contributed by atoms with Crippen LogP contribution in [-0.2, 0) is 6.42 Å². The van der Waals surface area contributed by atoms with Gasteiger partial charge in [-0.05, 0) is 26.3 Å². The highest BCUT2D eigenvalue weighted by molar-refractivity contribution is 7.17. The summed E-state index contributed by atoms with van der Waals surface area (Å²) in [6.45, 7) is 5.54. The van der Waals surface area contributed by atoms with Crippen LogP contribution in [0.15, 0.2) is 6.07 Å². The van der Waals surface area contributed by atoms with E-state index in [0.717, 1.165) is 16.3 Å². The van der Waals surface area contributed by atoms with E-state index >= 15 is 0 Å². The van der Waals surface area contributed by atoms with Gasteiger partial charge in [0.25, 0.3) is 5.91 Å². The van der Waals surface area contributed by atoms with E-state index in [0.29, 0.717) is 15.6 Å². The number of carboxylic acids is 1. The average Bonchev–Trinajstić information content (AvgIpc) is 2.92. The zero-order chi connectivity index (χ0) is 14.9. The van der Waals surface area contributed by atoms with E-state index in [1.54, 1.807) is 13.0 Å². The Morgan fingerprint density at radius 3 is 2.55 bits per heavy atom. The lowest BCUT2D eigenvalue weighted by Crippen LogP contribution is -2.12. The van der Waals surface area contributed by atoms with Crippen molar-refractivity contribution in [3.8, 4) is 0 Å². The maximum atomic E-state index is 12.2. The van der Waals surface area contributed by atoms with Crippen LogP contribution in [-0.4, -0.2) is 22.0 Å². The van der Waals surface area contributed by atoms with Crippen LogP contribution in [0.3, 0.4) is 0 Å². The molecule has 2 rings (SSSR count). The standard InChI is InChI=1S/C13H14N2O3S2/c1-4-8-5-9(13(17)18)12(20-8)15-11(16)10-6(2)14-7(3)19-10/h5H,4H2,1-3H3,(H,15,16)(H,17,18). The fourth-order valence-corrected chi connectivity index (χ4v) is 3.57. The number of aryl methyl sites for hydroxylation is 3. The highest BCUT2D eigenvalue weighted by Gasteiger charge is 2.20. The molecule has 0 fully saturated rings. The van der Waals surface area contributed by atoms with E-state index < -0.39 is 5.97 Å². The minimum absolute atomic E-state index is 0.138. The predicted octanol–water partition coefficient (Wildman–Crippen LogP) is 3.33. The number of carbonyl (C=O) groups is 2. The molecule has 0 unspecified atom stereocenters. The maximum absolute atomic E-state index is 12.2. The van der Waals surface area contributed by atoms with E-state index in [1.807, 2.05) is 13.8 Å². The van der Waals surface area contributed by atoms with Crippen molar-refractivity contribution in [2.24, 2.45) is 0 Å². The summed E-state index contributed by atoms with van der Waals surface area (Å²) in [7, 11) is 0. The lowest BCUT2D eigenvalue weighted by molar-refractivity contribution is 0.0698. The van der Waals surface area contributed by atoms with Crippen molar-refractivity contribution >= 4 is 39.6 Å². The van der Waals surface area contributed by atoms with Crippen LogP contribution in [0.5, 0.6) is 0 Å². The Morgan fingerprint density at radius 2 is 2.05 bits per heavy atom. The lowest BCUT2D eigenvalue weighted by atomic mass is 10.2. The van der Waals surface area contributed by atoms with Gasteiger partial charge in [0.2, 0.25) is 0 Å². The molecule has 0 aliphatic carbocycles. The molecule has 1 amide bonds. The average molecular weight is 310 g/mol. The van der Waals surface area contributed by atoms with Gasteiger partial charge < -0.3 is 10.4 Å². The Bertz CT molecular complexity index is 673. The predicted molar refractivity (Wildman–Crippen MR) is 80.2 cm³/mol. The number of carboxylic acid groups (broad SMARTS) is 1. The normalized spacial score (nSPS) is 10.6. The zero-order valence-corrected chi connectivity index (χ0v) is 12.9. The van der Waals surface area contributed by atoms with Crippen LogP contribution < -0.4 is 5.32 Å². The third-order valence-electron chi connectivity index (χ3n) is 2.70. The van der Waals surface area contributed by atoms with Gasteiger partial charge in [-0.2, -0.15) is 0 Å². The monoisotopic (exact) mass is 310 g/mol. The van der Waals surface area contributed by atoms with Crippen LogP contribution in [0.2, 0.25) is 0 Å². The van der Waals surface area contributed by atoms with Crippen LogP contribution in [0.1, 0.15) is 42.5 Å². The van der Waals surface area contributed by atoms with Crippen molar-refractivity contribution in [1.82, 2.24) is 4.98 Å². The minimum atomic E-state index is -1.03. The maximum Gasteiger partial charge on any atom is 0.338 e. The van der Waals surface area contributed by atoms with Crippen LogP contribution in [0.25, 0.3) is 0 Å². The molecule has 2 heterocycles. The molecule has 0 atom stereocenters. The Labute approximate surface area is 124 Å². The van der Waals surface area contributed by atoms with Gasteiger partial charge in [-0.1, -0.05) is 6.92 Å². The van der Waals surface area contributed by atoms with E-state index in [1.165, 1.54) is 22.7 Å². The van der Waals surface area contributed by atoms with E-state index in [-0.39, 0.29) is 11.5 Å². The van der Waals surface area contributed by atoms with E-state index in [9.17, 15) is 9.59 Å². The molecular weight excluding hydrogens is 296 g/mol. The van der Waals surface area contributed by atoms with Crippen molar-refractivity contribution in [3.05, 3.63) is 32.1 Å². The molecule has 7 heteroatoms. The smallest absolute Gasteiger partial charge is 0.338 e. The number of aromatic nitrogens is 1. The van der Waals surface area contributed by atoms with Gasteiger partial charge in [-0.15, -0.1) is 22.7 Å². The highest BCUT2D eigenvalue weighted by Crippen LogP contribution is 2.30. The van der Waals surface area contributed by atoms with Gasteiger partial charge >= 0.3 is 5.97 Å². The molecule has 2 N–H and O–H groups in total. The largest absolute Gasteiger partial charge is 0.478 e. The van der Waals surface area contributed by atoms with Gasteiger partial charge in [0, 0.05) is 4.88 Å². The molecule has 106 valence electrons. The van der Waals surface area contributed by atoms with Crippen molar-refractivity contribution in [2.45, 2.75) is 27.2 Å². The Morgan fingerprint density at radius 1 is 1.35 bits per heavy atom. The first kappa shape index (κ1) is 14.7. The molecule has 2 aromatic rings. The summed E-state index contributed by atoms with van der Waals surface area (Å²) in [5.74, 6) is -1.34. The first-order chi connectivity index (χ1) is 9.42. The number of aromatic carboxylic acids is 1. The first-order valence-corrected chi connectivity index (χ1v) is 7.67. The molecule has 20 heavy (non-hydrogen) atoms. The number of thiazole rings is 1. The number of nitrogens with zero attached hydrogens (tertiary/aromatic N) is 1. The molecule has 2 aromatic heterocycles. The van der Waals surface area contributed by atoms with E-state index in [4.69, 9.17) is 5.11 Å². The molecule has 0 aliphatic heterocycles. The SMILES string of the molecule is CCc1cc(C(=O)O)c(NC(=O)c2sc(C)nc2C)s1. The van der Waals surface area contributed by atoms with Gasteiger partial charge in [-0.25, -0.2) is 9.78 Å². The molecular formula is C13H14N2O3S2. The number of thiophene rings is 1. The summed E-state index contributed by atoms with van der Waals surface area (Å²) in [6.07, 6.45) is 0.736. The van der Waals surface area contributed by atoms with Crippen LogP contribution >= 0.6 is 22.7 Å². The Balaban J connectivity index is 2.30. The molecule has 0 saturated heterocycles. The number of amides is 1. The van der Waals surface area contributed by atoms with Crippen LogP contribution in [0, 0.1) is 13.8 Å². The van der Waals surface area contributed by atoms with Crippen molar-refractivity contribution in [3.63, 3.8) is 0 Å². The summed E-state index contributed by atoms with van der Waals surface area (Å²) in [5.41, 5.74) is 0.799. The molecule has 0 aromatic carbocycles. The van der Waals surface area contributed by atoms with Crippen molar-refractivity contribution < 1.29 is 14.7 Å². The lowest BCUT2D eigenvalue weighted by Gasteiger charge is -2.02. The number of anilines is 1. The molecule has 0 bridgehead atoms. The minimum Gasteiger partial charge on any atom is -0.478 e. The fourth-order valence-electron chi connectivity index (χ4n) is 1.77. The van der Waals surface area contributed by atoms with Crippen molar-refractivity contribution in [2.75, 3.05) is 5.32 Å². The van der Waals surface area contributed by atoms with Gasteiger partial charge in [0.1, 0.15) is 9.88 Å². The van der Waals surface area contributed by atoms with Gasteiger partial charge in [-0.3, -0.25) is 4.79 Å². The second-order valence-electron chi connectivity index (χ2n) is 4.22.